The Labute approximate surface area is 152 Å². The van der Waals surface area contributed by atoms with Crippen LogP contribution in [-0.4, -0.2) is 32.0 Å². The first-order valence-electron chi connectivity index (χ1n) is 7.28. The molecule has 0 fully saturated rings. The third kappa shape index (κ3) is 4.36. The molecule has 1 N–H and O–H groups in total. The molecule has 2 rings (SSSR count). The van der Waals surface area contributed by atoms with Gasteiger partial charge in [-0.05, 0) is 36.6 Å². The van der Waals surface area contributed by atoms with E-state index in [9.17, 15) is 22.8 Å². The number of methoxy groups -OCH3 is 1. The lowest BCUT2D eigenvalue weighted by atomic mass is 10.2. The van der Waals surface area contributed by atoms with Crippen molar-refractivity contribution in [2.45, 2.75) is 4.90 Å². The number of rotatable bonds is 5. The van der Waals surface area contributed by atoms with Crippen molar-refractivity contribution in [3.63, 3.8) is 0 Å². The molecular formula is C17H15F3N2O3S. The van der Waals surface area contributed by atoms with Crippen molar-refractivity contribution < 1.29 is 27.5 Å². The third-order valence-corrected chi connectivity index (χ3v) is 4.08. The Bertz CT molecular complexity index is 813. The molecule has 0 spiro atoms. The molecule has 0 saturated heterocycles. The topological polar surface area (TPSA) is 58.6 Å². The predicted octanol–water partition coefficient (Wildman–Crippen LogP) is 3.79. The Hall–Kier alpha value is -2.52. The molecule has 0 aliphatic carbocycles. The van der Waals surface area contributed by atoms with Gasteiger partial charge in [0.25, 0.3) is 5.91 Å². The highest BCUT2D eigenvalue weighted by Gasteiger charge is 2.24. The largest absolute Gasteiger partial charge is 0.364 e. The number of nitrogens with zero attached hydrogens (tertiary/aromatic N) is 1. The minimum atomic E-state index is -1.28. The number of hydrogen-bond donors (Lipinski definition) is 1. The summed E-state index contributed by atoms with van der Waals surface area (Å²) in [7, 11) is 1.27. The molecule has 26 heavy (non-hydrogen) atoms. The third-order valence-electron chi connectivity index (χ3n) is 3.36. The van der Waals surface area contributed by atoms with Crippen LogP contribution in [0.2, 0.25) is 0 Å². The summed E-state index contributed by atoms with van der Waals surface area (Å²) >= 11 is 1.31. The summed E-state index contributed by atoms with van der Waals surface area (Å²) in [5.41, 5.74) is -1.06. The average molecular weight is 384 g/mol. The monoisotopic (exact) mass is 384 g/mol. The maximum absolute atomic E-state index is 14.3. The molecule has 0 saturated carbocycles. The second-order valence-corrected chi connectivity index (χ2v) is 5.90. The average Bonchev–Trinajstić information content (AvgIpc) is 2.59. The van der Waals surface area contributed by atoms with Crippen LogP contribution in [-0.2, 0) is 4.74 Å². The zero-order valence-electron chi connectivity index (χ0n) is 13.9. The lowest BCUT2D eigenvalue weighted by molar-refractivity contribution is 0.0955. The number of carbonyl (C=O) groups is 2. The second-order valence-electron chi connectivity index (χ2n) is 5.02. The van der Waals surface area contributed by atoms with Crippen LogP contribution < -0.4 is 10.2 Å². The molecule has 0 radical (unpaired) electrons. The Balaban J connectivity index is 2.28. The van der Waals surface area contributed by atoms with E-state index in [1.54, 1.807) is 12.3 Å². The number of imide groups is 1. The van der Waals surface area contributed by atoms with Crippen molar-refractivity contribution in [3.8, 4) is 0 Å². The van der Waals surface area contributed by atoms with Crippen LogP contribution in [0.5, 0.6) is 0 Å². The fraction of sp³-hybridized carbons (Fsp3) is 0.176. The summed E-state index contributed by atoms with van der Waals surface area (Å²) in [5.74, 6) is -4.24. The lowest BCUT2D eigenvalue weighted by Gasteiger charge is -2.22. The molecule has 0 bridgehead atoms. The molecule has 2 aromatic rings. The van der Waals surface area contributed by atoms with E-state index in [0.29, 0.717) is 4.90 Å². The summed E-state index contributed by atoms with van der Waals surface area (Å²) in [4.78, 5) is 25.8. The quantitative estimate of drug-likeness (QED) is 0.630. The normalized spacial score (nSPS) is 10.5. The summed E-state index contributed by atoms with van der Waals surface area (Å²) in [6.07, 6.45) is 1.76. The van der Waals surface area contributed by atoms with Crippen molar-refractivity contribution in [2.75, 3.05) is 25.0 Å². The minimum Gasteiger partial charge on any atom is -0.364 e. The van der Waals surface area contributed by atoms with Crippen LogP contribution >= 0.6 is 11.8 Å². The maximum Gasteiger partial charge on any atom is 0.330 e. The van der Waals surface area contributed by atoms with Crippen LogP contribution in [0.1, 0.15) is 10.4 Å². The maximum atomic E-state index is 14.3. The highest BCUT2D eigenvalue weighted by Crippen LogP contribution is 2.25. The minimum absolute atomic E-state index is 0.149. The number of carbonyl (C=O) groups excluding carboxylic acids is 2. The van der Waals surface area contributed by atoms with Crippen LogP contribution in [0.3, 0.4) is 0 Å². The van der Waals surface area contributed by atoms with E-state index in [4.69, 9.17) is 4.74 Å². The molecule has 138 valence electrons. The Morgan fingerprint density at radius 1 is 1.12 bits per heavy atom. The molecule has 0 aliphatic heterocycles. The summed E-state index contributed by atoms with van der Waals surface area (Å²) in [6.45, 7) is -0.381. The van der Waals surface area contributed by atoms with Crippen LogP contribution in [0, 0.1) is 17.5 Å². The number of anilines is 1. The summed E-state index contributed by atoms with van der Waals surface area (Å²) in [5, 5.41) is 1.83. The second kappa shape index (κ2) is 8.72. The molecule has 0 aromatic heterocycles. The zero-order valence-corrected chi connectivity index (χ0v) is 14.7. The van der Waals surface area contributed by atoms with Crippen molar-refractivity contribution in [3.05, 3.63) is 59.4 Å². The number of hydrogen-bond acceptors (Lipinski definition) is 4. The highest BCUT2D eigenvalue weighted by molar-refractivity contribution is 7.98. The van der Waals surface area contributed by atoms with Gasteiger partial charge in [-0.15, -0.1) is 11.8 Å². The first kappa shape index (κ1) is 19.8. The molecule has 9 heteroatoms. The van der Waals surface area contributed by atoms with E-state index >= 15 is 0 Å². The fourth-order valence-electron chi connectivity index (χ4n) is 2.14. The van der Waals surface area contributed by atoms with E-state index in [-0.39, 0.29) is 12.4 Å². The van der Waals surface area contributed by atoms with E-state index in [2.05, 4.69) is 0 Å². The molecule has 0 atom stereocenters. The number of amides is 3. The zero-order chi connectivity index (χ0) is 19.3. The fourth-order valence-corrected chi connectivity index (χ4v) is 2.57. The predicted molar refractivity (Wildman–Crippen MR) is 91.8 cm³/mol. The van der Waals surface area contributed by atoms with Crippen LogP contribution in [0.4, 0.5) is 23.7 Å². The van der Waals surface area contributed by atoms with Crippen molar-refractivity contribution in [1.29, 1.82) is 0 Å². The number of urea groups is 1. The molecule has 0 unspecified atom stereocenters. The van der Waals surface area contributed by atoms with Gasteiger partial charge < -0.3 is 4.74 Å². The van der Waals surface area contributed by atoms with Gasteiger partial charge in [0.2, 0.25) is 0 Å². The number of nitrogens with one attached hydrogen (secondary N) is 1. The number of halogens is 3. The van der Waals surface area contributed by atoms with E-state index in [0.717, 1.165) is 23.1 Å². The molecule has 3 amide bonds. The first-order valence-corrected chi connectivity index (χ1v) is 8.50. The Morgan fingerprint density at radius 2 is 1.77 bits per heavy atom. The van der Waals surface area contributed by atoms with Crippen LogP contribution in [0.15, 0.2) is 41.3 Å². The van der Waals surface area contributed by atoms with Gasteiger partial charge in [0.1, 0.15) is 29.7 Å². The van der Waals surface area contributed by atoms with Gasteiger partial charge in [0.05, 0.1) is 5.69 Å². The molecular weight excluding hydrogens is 369 g/mol. The van der Waals surface area contributed by atoms with Gasteiger partial charge in [-0.2, -0.15) is 0 Å². The highest BCUT2D eigenvalue weighted by atomic mass is 32.2. The van der Waals surface area contributed by atoms with E-state index in [1.165, 1.54) is 31.0 Å². The van der Waals surface area contributed by atoms with Gasteiger partial charge >= 0.3 is 6.03 Å². The summed E-state index contributed by atoms with van der Waals surface area (Å²) < 4.78 is 46.4. The van der Waals surface area contributed by atoms with Crippen molar-refractivity contribution >= 4 is 29.4 Å². The van der Waals surface area contributed by atoms with Crippen LogP contribution in [0.25, 0.3) is 0 Å². The lowest BCUT2D eigenvalue weighted by Crippen LogP contribution is -2.44. The molecule has 0 heterocycles. The molecule has 2 aromatic carbocycles. The SMILES string of the molecule is COCN(C(=O)NC(=O)c1c(F)cccc1F)c1ccc(SC)cc1F. The van der Waals surface area contributed by atoms with Gasteiger partial charge in [-0.3, -0.25) is 15.0 Å². The molecule has 5 nitrogen and oxygen atoms in total. The number of thioether (sulfide) groups is 1. The molecule has 0 aliphatic rings. The summed E-state index contributed by atoms with van der Waals surface area (Å²) in [6, 6.07) is 5.91. The Kier molecular flexibility index (Phi) is 6.64. The van der Waals surface area contributed by atoms with Crippen molar-refractivity contribution in [2.24, 2.45) is 0 Å². The van der Waals surface area contributed by atoms with Crippen molar-refractivity contribution in [1.82, 2.24) is 5.32 Å². The standard InChI is InChI=1S/C17H15F3N2O3S/c1-25-9-22(14-7-6-10(26-2)8-13(14)20)17(24)21-16(23)15-11(18)4-3-5-12(15)19/h3-8H,9H2,1-2H3,(H,21,23,24). The Morgan fingerprint density at radius 3 is 2.31 bits per heavy atom. The van der Waals surface area contributed by atoms with Gasteiger partial charge in [-0.25, -0.2) is 18.0 Å². The van der Waals surface area contributed by atoms with Gasteiger partial charge in [0.15, 0.2) is 0 Å². The van der Waals surface area contributed by atoms with Gasteiger partial charge in [-0.1, -0.05) is 6.07 Å². The van der Waals surface area contributed by atoms with E-state index in [1.807, 2.05) is 5.32 Å². The van der Waals surface area contributed by atoms with Gasteiger partial charge in [0, 0.05) is 12.0 Å². The van der Waals surface area contributed by atoms with E-state index < -0.39 is 35.0 Å². The smallest absolute Gasteiger partial charge is 0.330 e. The first-order chi connectivity index (χ1) is 12.4. The number of ether oxygens (including phenoxy) is 1. The number of benzene rings is 2.